The number of phenols is 1. The second-order valence-electron chi connectivity index (χ2n) is 12.3. The summed E-state index contributed by atoms with van der Waals surface area (Å²) < 4.78 is 13.4. The number of carbonyl (C=O) groups is 2. The Balaban J connectivity index is 1.19. The van der Waals surface area contributed by atoms with E-state index in [2.05, 4.69) is 17.2 Å². The summed E-state index contributed by atoms with van der Waals surface area (Å²) in [6.45, 7) is 7.42. The molecular weight excluding hydrogens is 556 g/mol. The molecule has 2 saturated heterocycles. The fourth-order valence-electron chi connectivity index (χ4n) is 7.11. The van der Waals surface area contributed by atoms with E-state index in [0.29, 0.717) is 32.1 Å². The van der Waals surface area contributed by atoms with E-state index in [1.807, 2.05) is 60.5 Å². The third-order valence-corrected chi connectivity index (χ3v) is 9.35. The van der Waals surface area contributed by atoms with Gasteiger partial charge in [-0.3, -0.25) is 9.59 Å². The molecule has 44 heavy (non-hydrogen) atoms. The van der Waals surface area contributed by atoms with Gasteiger partial charge < -0.3 is 28.9 Å². The molecule has 3 aliphatic rings. The maximum Gasteiger partial charge on any atom is 0.260 e. The zero-order valence-electron chi connectivity index (χ0n) is 24.9. The topological polar surface area (TPSA) is 97.1 Å². The number of aromatic nitrogens is 2. The van der Waals surface area contributed by atoms with Gasteiger partial charge in [0, 0.05) is 55.7 Å². The number of hydrogen-bond donors (Lipinski definition) is 1. The van der Waals surface area contributed by atoms with Crippen molar-refractivity contribution in [3.63, 3.8) is 0 Å². The van der Waals surface area contributed by atoms with Gasteiger partial charge >= 0.3 is 0 Å². The van der Waals surface area contributed by atoms with E-state index in [1.54, 1.807) is 11.0 Å². The predicted molar refractivity (Wildman–Crippen MR) is 167 cm³/mol. The minimum absolute atomic E-state index is 0.00529. The van der Waals surface area contributed by atoms with E-state index in [0.717, 1.165) is 65.0 Å². The molecular formula is C35H36N4O5. The Hall–Kier alpha value is -4.63. The Bertz CT molecular complexity index is 1740. The van der Waals surface area contributed by atoms with E-state index in [1.165, 1.54) is 6.08 Å². The van der Waals surface area contributed by atoms with Crippen LogP contribution in [0.2, 0.25) is 0 Å². The number of amides is 2. The first-order chi connectivity index (χ1) is 21.3. The van der Waals surface area contributed by atoms with Gasteiger partial charge in [0.05, 0.1) is 24.6 Å². The SMILES string of the molecule is C=CC(=O)N1CC2(CC(c3nc(-c4ccc(OCC(=O)N5CCOCC5)cc4)c(-c4cc(O)cc5ccccc45)n3C)C2)C1. The van der Waals surface area contributed by atoms with Crippen LogP contribution in [0.5, 0.6) is 11.5 Å². The standard InChI is InChI=1S/C35H36N4O5/c1-3-30(41)39-21-35(22-39)18-25(19-35)34-36-32(33(37(34)2)29-17-26(40)16-24-6-4-5-7-28(24)29)23-8-10-27(11-9-23)44-20-31(42)38-12-14-43-15-13-38/h3-11,16-17,25,40H,1,12-15,18-22H2,2H3. The van der Waals surface area contributed by atoms with Gasteiger partial charge in [-0.05, 0) is 66.1 Å². The molecule has 9 nitrogen and oxygen atoms in total. The molecule has 3 aromatic carbocycles. The summed E-state index contributed by atoms with van der Waals surface area (Å²) in [6, 6.07) is 19.3. The number of morpholine rings is 1. The van der Waals surface area contributed by atoms with Gasteiger partial charge in [-0.25, -0.2) is 4.98 Å². The fourth-order valence-corrected chi connectivity index (χ4v) is 7.11. The van der Waals surface area contributed by atoms with E-state index >= 15 is 0 Å². The minimum atomic E-state index is -0.0495. The Morgan fingerprint density at radius 1 is 1.07 bits per heavy atom. The van der Waals surface area contributed by atoms with Gasteiger partial charge in [0.15, 0.2) is 6.61 Å². The highest BCUT2D eigenvalue weighted by Crippen LogP contribution is 2.56. The molecule has 1 spiro atoms. The number of aromatic hydroxyl groups is 1. The number of benzene rings is 3. The van der Waals surface area contributed by atoms with E-state index in [9.17, 15) is 14.7 Å². The summed E-state index contributed by atoms with van der Waals surface area (Å²) in [5.74, 6) is 2.02. The number of hydrogen-bond acceptors (Lipinski definition) is 6. The zero-order valence-corrected chi connectivity index (χ0v) is 24.9. The number of fused-ring (bicyclic) bond motifs is 1. The van der Waals surface area contributed by atoms with Gasteiger partial charge in [-0.15, -0.1) is 0 Å². The number of likely N-dealkylation sites (tertiary alicyclic amines) is 1. The van der Waals surface area contributed by atoms with Crippen molar-refractivity contribution in [1.82, 2.24) is 19.4 Å². The lowest BCUT2D eigenvalue weighted by molar-refractivity contribution is -0.146. The first-order valence-electron chi connectivity index (χ1n) is 15.1. The van der Waals surface area contributed by atoms with Crippen molar-refractivity contribution >= 4 is 22.6 Å². The van der Waals surface area contributed by atoms with Crippen LogP contribution in [-0.4, -0.2) is 82.3 Å². The van der Waals surface area contributed by atoms with Crippen LogP contribution >= 0.6 is 0 Å². The van der Waals surface area contributed by atoms with Crippen molar-refractivity contribution in [2.75, 3.05) is 46.0 Å². The molecule has 3 heterocycles. The maximum atomic E-state index is 12.6. The number of imidazole rings is 1. The molecule has 0 bridgehead atoms. The second kappa shape index (κ2) is 11.1. The molecule has 2 amide bonds. The number of nitrogens with zero attached hydrogens (tertiary/aromatic N) is 4. The molecule has 0 unspecified atom stereocenters. The van der Waals surface area contributed by atoms with Crippen molar-refractivity contribution in [2.24, 2.45) is 12.5 Å². The third-order valence-electron chi connectivity index (χ3n) is 9.35. The number of carbonyl (C=O) groups excluding carboxylic acids is 2. The molecule has 9 heteroatoms. The van der Waals surface area contributed by atoms with Crippen molar-refractivity contribution in [1.29, 1.82) is 0 Å². The van der Waals surface area contributed by atoms with Crippen LogP contribution in [0.25, 0.3) is 33.3 Å². The molecule has 4 aromatic rings. The summed E-state index contributed by atoms with van der Waals surface area (Å²) in [6.07, 6.45) is 3.34. The van der Waals surface area contributed by atoms with Crippen LogP contribution in [0.3, 0.4) is 0 Å². The fraction of sp³-hybridized carbons (Fsp3) is 0.343. The largest absolute Gasteiger partial charge is 0.508 e. The van der Waals surface area contributed by atoms with Gasteiger partial charge in [0.1, 0.15) is 17.3 Å². The Morgan fingerprint density at radius 2 is 1.80 bits per heavy atom. The van der Waals surface area contributed by atoms with Crippen LogP contribution in [0, 0.1) is 5.41 Å². The summed E-state index contributed by atoms with van der Waals surface area (Å²) in [7, 11) is 2.05. The van der Waals surface area contributed by atoms with Gasteiger partial charge in [-0.1, -0.05) is 30.8 Å². The van der Waals surface area contributed by atoms with Crippen molar-refractivity contribution in [3.05, 3.63) is 79.1 Å². The molecule has 0 atom stereocenters. The molecule has 0 radical (unpaired) electrons. The van der Waals surface area contributed by atoms with E-state index < -0.39 is 0 Å². The lowest BCUT2D eigenvalue weighted by atomic mass is 9.57. The van der Waals surface area contributed by atoms with Crippen molar-refractivity contribution < 1.29 is 24.2 Å². The zero-order chi connectivity index (χ0) is 30.4. The number of rotatable bonds is 7. The summed E-state index contributed by atoms with van der Waals surface area (Å²) in [5, 5.41) is 12.7. The molecule has 3 fully saturated rings. The van der Waals surface area contributed by atoms with E-state index in [-0.39, 0.29) is 35.5 Å². The molecule has 1 aliphatic carbocycles. The smallest absolute Gasteiger partial charge is 0.260 e. The number of ether oxygens (including phenoxy) is 2. The van der Waals surface area contributed by atoms with Crippen LogP contribution in [0.4, 0.5) is 0 Å². The Morgan fingerprint density at radius 3 is 2.52 bits per heavy atom. The molecule has 2 aliphatic heterocycles. The molecule has 226 valence electrons. The predicted octanol–water partition coefficient (Wildman–Crippen LogP) is 4.74. The highest BCUT2D eigenvalue weighted by atomic mass is 16.5. The molecule has 1 saturated carbocycles. The molecule has 7 rings (SSSR count). The van der Waals surface area contributed by atoms with Crippen LogP contribution in [-0.2, 0) is 21.4 Å². The lowest BCUT2D eigenvalue weighted by Crippen LogP contribution is -2.63. The monoisotopic (exact) mass is 592 g/mol. The second-order valence-corrected chi connectivity index (χ2v) is 12.3. The van der Waals surface area contributed by atoms with Crippen molar-refractivity contribution in [3.8, 4) is 34.0 Å². The Labute approximate surface area is 256 Å². The lowest BCUT2D eigenvalue weighted by Gasteiger charge is -2.58. The first-order valence-corrected chi connectivity index (χ1v) is 15.1. The average molecular weight is 593 g/mol. The summed E-state index contributed by atoms with van der Waals surface area (Å²) in [4.78, 5) is 33.5. The normalized spacial score (nSPS) is 17.8. The first kappa shape index (κ1) is 28.2. The van der Waals surface area contributed by atoms with Gasteiger partial charge in [0.2, 0.25) is 5.91 Å². The number of phenolic OH excluding ortho intramolecular Hbond substituents is 1. The van der Waals surface area contributed by atoms with E-state index in [4.69, 9.17) is 14.5 Å². The quantitative estimate of drug-likeness (QED) is 0.312. The minimum Gasteiger partial charge on any atom is -0.508 e. The average Bonchev–Trinajstić information content (AvgIpc) is 3.34. The van der Waals surface area contributed by atoms with Gasteiger partial charge in [-0.2, -0.15) is 0 Å². The van der Waals surface area contributed by atoms with Crippen LogP contribution in [0.1, 0.15) is 24.6 Å². The van der Waals surface area contributed by atoms with Crippen LogP contribution in [0.15, 0.2) is 73.3 Å². The summed E-state index contributed by atoms with van der Waals surface area (Å²) >= 11 is 0. The Kier molecular flexibility index (Phi) is 7.13. The maximum absolute atomic E-state index is 12.6. The van der Waals surface area contributed by atoms with Crippen molar-refractivity contribution in [2.45, 2.75) is 18.8 Å². The highest BCUT2D eigenvalue weighted by Gasteiger charge is 2.54. The summed E-state index contributed by atoms with van der Waals surface area (Å²) in [5.41, 5.74) is 3.74. The molecule has 1 N–H and O–H groups in total. The molecule has 1 aromatic heterocycles. The third kappa shape index (κ3) is 5.01. The van der Waals surface area contributed by atoms with Gasteiger partial charge in [0.25, 0.3) is 5.91 Å². The highest BCUT2D eigenvalue weighted by molar-refractivity contribution is 6.00. The van der Waals surface area contributed by atoms with Crippen LogP contribution < -0.4 is 4.74 Å².